The number of carbonyl (C=O) groups is 3. The van der Waals surface area contributed by atoms with Crippen LogP contribution in [0.1, 0.15) is 64.1 Å². The molecular formula is C36H35ClN4O5. The molecule has 0 saturated heterocycles. The van der Waals surface area contributed by atoms with Crippen molar-refractivity contribution in [3.8, 4) is 5.69 Å². The van der Waals surface area contributed by atoms with Gasteiger partial charge in [0.05, 0.1) is 12.5 Å². The maximum Gasteiger partial charge on any atom is 0.355 e. The highest BCUT2D eigenvalue weighted by molar-refractivity contribution is 6.27. The summed E-state index contributed by atoms with van der Waals surface area (Å²) in [5.41, 5.74) is 2.26. The molecule has 0 aliphatic heterocycles. The monoisotopic (exact) mass is 638 g/mol. The molecule has 4 bridgehead atoms. The largest absolute Gasteiger partial charge is 0.464 e. The fourth-order valence-corrected chi connectivity index (χ4v) is 8.59. The number of pyridine rings is 2. The lowest BCUT2D eigenvalue weighted by Gasteiger charge is -2.60. The minimum Gasteiger partial charge on any atom is -0.464 e. The van der Waals surface area contributed by atoms with Crippen LogP contribution in [0.25, 0.3) is 16.7 Å². The average Bonchev–Trinajstić information content (AvgIpc) is 3.07. The van der Waals surface area contributed by atoms with E-state index in [9.17, 15) is 19.2 Å². The molecule has 5 atom stereocenters. The van der Waals surface area contributed by atoms with Crippen molar-refractivity contribution < 1.29 is 19.1 Å². The second-order valence-corrected chi connectivity index (χ2v) is 13.3. The Morgan fingerprint density at radius 1 is 0.978 bits per heavy atom. The maximum atomic E-state index is 13.8. The molecule has 4 aromatic rings. The number of carbonyl (C=O) groups excluding carboxylic acids is 3. The number of rotatable bonds is 8. The van der Waals surface area contributed by atoms with Crippen molar-refractivity contribution in [1.82, 2.24) is 20.2 Å². The van der Waals surface area contributed by atoms with Crippen molar-refractivity contribution >= 4 is 40.4 Å². The Balaban J connectivity index is 1.15. The van der Waals surface area contributed by atoms with E-state index < -0.39 is 5.97 Å². The van der Waals surface area contributed by atoms with E-state index in [0.717, 1.165) is 37.7 Å². The first-order chi connectivity index (χ1) is 22.3. The number of esters is 1. The lowest BCUT2D eigenvalue weighted by molar-refractivity contribution is -0.125. The molecule has 4 aliphatic carbocycles. The lowest BCUT2D eigenvalue weighted by Crippen LogP contribution is -2.66. The first-order valence-electron chi connectivity index (χ1n) is 15.7. The normalized spacial score (nSPS) is 24.5. The van der Waals surface area contributed by atoms with Gasteiger partial charge in [-0.2, -0.15) is 0 Å². The van der Waals surface area contributed by atoms with Crippen LogP contribution in [0.5, 0.6) is 0 Å². The highest BCUT2D eigenvalue weighted by atomic mass is 35.5. The van der Waals surface area contributed by atoms with Gasteiger partial charge in [-0.3, -0.25) is 19.0 Å². The molecule has 10 heteroatoms. The van der Waals surface area contributed by atoms with Crippen LogP contribution in [-0.4, -0.2) is 51.9 Å². The SMILES string of the molecule is COC(=O)c1c(Cc2ccc(C(=O)N[C@H]3[C@@H]4C[C@H]5C[C@H]3C[C@](NC(=O)CCl)(C5)C4)cc2)c(=O)c2cccnc2n1-c1ccccc1. The summed E-state index contributed by atoms with van der Waals surface area (Å²) >= 11 is 5.80. The Bertz CT molecular complexity index is 1870. The predicted octanol–water partition coefficient (Wildman–Crippen LogP) is 4.80. The predicted molar refractivity (Wildman–Crippen MR) is 174 cm³/mol. The quantitative estimate of drug-likeness (QED) is 0.212. The molecule has 4 aliphatic rings. The number of nitrogens with one attached hydrogen (secondary N) is 2. The van der Waals surface area contributed by atoms with Crippen molar-refractivity contribution in [3.05, 3.63) is 106 Å². The number of halogens is 1. The molecule has 2 aromatic heterocycles. The third-order valence-electron chi connectivity index (χ3n) is 10.1. The van der Waals surface area contributed by atoms with E-state index in [0.29, 0.717) is 40.0 Å². The molecule has 2 heterocycles. The Hall–Kier alpha value is -4.50. The molecular weight excluding hydrogens is 604 g/mol. The first kappa shape index (κ1) is 30.2. The Kier molecular flexibility index (Phi) is 7.88. The van der Waals surface area contributed by atoms with Crippen LogP contribution < -0.4 is 16.1 Å². The minimum absolute atomic E-state index is 0.0386. The molecule has 4 saturated carbocycles. The first-order valence-corrected chi connectivity index (χ1v) is 16.3. The van der Waals surface area contributed by atoms with Crippen LogP contribution in [0.4, 0.5) is 0 Å². The van der Waals surface area contributed by atoms with Gasteiger partial charge < -0.3 is 15.4 Å². The number of hydrogen-bond acceptors (Lipinski definition) is 6. The third kappa shape index (κ3) is 5.36. The molecule has 8 rings (SSSR count). The average molecular weight is 639 g/mol. The van der Waals surface area contributed by atoms with E-state index in [-0.39, 0.29) is 52.4 Å². The molecule has 236 valence electrons. The van der Waals surface area contributed by atoms with E-state index in [1.165, 1.54) is 7.11 Å². The van der Waals surface area contributed by atoms with Crippen LogP contribution in [0.15, 0.2) is 77.7 Å². The van der Waals surface area contributed by atoms with E-state index in [1.807, 2.05) is 42.5 Å². The van der Waals surface area contributed by atoms with Crippen molar-refractivity contribution in [2.45, 2.75) is 50.1 Å². The zero-order chi connectivity index (χ0) is 32.0. The molecule has 0 radical (unpaired) electrons. The topological polar surface area (TPSA) is 119 Å². The van der Waals surface area contributed by atoms with E-state index in [2.05, 4.69) is 15.6 Å². The van der Waals surface area contributed by atoms with Gasteiger partial charge in [0.25, 0.3) is 5.91 Å². The molecule has 2 amide bonds. The van der Waals surface area contributed by atoms with Gasteiger partial charge in [-0.1, -0.05) is 30.3 Å². The molecule has 46 heavy (non-hydrogen) atoms. The minimum atomic E-state index is -0.640. The second-order valence-electron chi connectivity index (χ2n) is 13.0. The fourth-order valence-electron chi connectivity index (χ4n) is 8.52. The number of nitrogens with zero attached hydrogens (tertiary/aromatic N) is 2. The van der Waals surface area contributed by atoms with Gasteiger partial charge in [-0.05, 0) is 91.8 Å². The summed E-state index contributed by atoms with van der Waals surface area (Å²) in [7, 11) is 1.29. The van der Waals surface area contributed by atoms with Gasteiger partial charge >= 0.3 is 5.97 Å². The molecule has 2 aromatic carbocycles. The number of aromatic nitrogens is 2. The van der Waals surface area contributed by atoms with Gasteiger partial charge in [-0.25, -0.2) is 9.78 Å². The number of methoxy groups -OCH3 is 1. The zero-order valence-corrected chi connectivity index (χ0v) is 26.3. The molecule has 0 unspecified atom stereocenters. The summed E-state index contributed by atoms with van der Waals surface area (Å²) in [6.07, 6.45) is 6.58. The van der Waals surface area contributed by atoms with Gasteiger partial charge in [-0.15, -0.1) is 11.6 Å². The molecule has 4 fully saturated rings. The maximum absolute atomic E-state index is 13.8. The number of benzene rings is 2. The van der Waals surface area contributed by atoms with Gasteiger partial charge in [0.2, 0.25) is 5.91 Å². The summed E-state index contributed by atoms with van der Waals surface area (Å²) in [6.45, 7) is 0. The van der Waals surface area contributed by atoms with Crippen molar-refractivity contribution in [2.75, 3.05) is 13.0 Å². The third-order valence-corrected chi connectivity index (χ3v) is 10.4. The number of amides is 2. The smallest absolute Gasteiger partial charge is 0.355 e. The molecule has 0 spiro atoms. The van der Waals surface area contributed by atoms with Crippen molar-refractivity contribution in [1.29, 1.82) is 0 Å². The number of hydrogen-bond donors (Lipinski definition) is 2. The zero-order valence-electron chi connectivity index (χ0n) is 25.5. The highest BCUT2D eigenvalue weighted by Crippen LogP contribution is 2.55. The van der Waals surface area contributed by atoms with Crippen LogP contribution in [-0.2, 0) is 16.0 Å². The van der Waals surface area contributed by atoms with Gasteiger partial charge in [0.15, 0.2) is 5.43 Å². The number of ether oxygens (including phenoxy) is 1. The van der Waals surface area contributed by atoms with Gasteiger partial charge in [0, 0.05) is 41.0 Å². The summed E-state index contributed by atoms with van der Waals surface area (Å²) in [4.78, 5) is 57.2. The fraction of sp³-hybridized carbons (Fsp3) is 0.361. The van der Waals surface area contributed by atoms with Crippen LogP contribution in [0.2, 0.25) is 0 Å². The lowest BCUT2D eigenvalue weighted by atomic mass is 9.51. The summed E-state index contributed by atoms with van der Waals surface area (Å²) in [6, 6.07) is 19.9. The number of para-hydroxylation sites is 1. The van der Waals surface area contributed by atoms with Gasteiger partial charge in [0.1, 0.15) is 17.2 Å². The van der Waals surface area contributed by atoms with Crippen molar-refractivity contribution in [2.24, 2.45) is 17.8 Å². The van der Waals surface area contributed by atoms with Crippen molar-refractivity contribution in [3.63, 3.8) is 0 Å². The second kappa shape index (κ2) is 12.0. The van der Waals surface area contributed by atoms with Crippen LogP contribution >= 0.6 is 11.6 Å². The van der Waals surface area contributed by atoms with E-state index in [4.69, 9.17) is 16.3 Å². The number of alkyl halides is 1. The van der Waals surface area contributed by atoms with E-state index in [1.54, 1.807) is 35.0 Å². The van der Waals surface area contributed by atoms with E-state index >= 15 is 0 Å². The standard InChI is InChI=1S/C36H35ClN4O5/c1-46-35(45)31-28(32(43)27-8-5-13-38-33(27)41(31)26-6-3-2-4-7-26)16-21-9-11-23(12-10-21)34(44)39-30-24-14-22-15-25(30)19-36(17-22,18-24)40-29(42)20-37/h2-13,22,24-25,30H,14-20H2,1H3,(H,39,44)(H,40,42)/t22-,24+,25-,30-,36-. The highest BCUT2D eigenvalue weighted by Gasteiger charge is 2.56. The van der Waals surface area contributed by atoms with Crippen LogP contribution in [0.3, 0.4) is 0 Å². The molecule has 2 N–H and O–H groups in total. The Morgan fingerprint density at radius 3 is 2.37 bits per heavy atom. The van der Waals surface area contributed by atoms with Crippen LogP contribution in [0, 0.1) is 17.8 Å². The number of fused-ring (bicyclic) bond motifs is 1. The Labute approximate surface area is 271 Å². The summed E-state index contributed by atoms with van der Waals surface area (Å²) < 4.78 is 6.85. The Morgan fingerprint density at radius 2 is 1.70 bits per heavy atom. The molecule has 9 nitrogen and oxygen atoms in total. The summed E-state index contributed by atoms with van der Waals surface area (Å²) in [5, 5.41) is 6.92. The summed E-state index contributed by atoms with van der Waals surface area (Å²) in [5.74, 6) is 0.256.